The van der Waals surface area contributed by atoms with Gasteiger partial charge in [0.2, 0.25) is 0 Å². The first kappa shape index (κ1) is 11.5. The van der Waals surface area contributed by atoms with Crippen molar-refractivity contribution >= 4 is 16.6 Å². The molecular weight excluding hydrogens is 245 g/mol. The van der Waals surface area contributed by atoms with Gasteiger partial charge in [0.05, 0.1) is 17.4 Å². The number of aromatic amines is 1. The number of para-hydroxylation sites is 1. The van der Waals surface area contributed by atoms with Crippen LogP contribution < -0.4 is 5.32 Å². The van der Waals surface area contributed by atoms with Crippen LogP contribution in [0.3, 0.4) is 0 Å². The number of halogens is 1. The Hall–Kier alpha value is -2.56. The van der Waals surface area contributed by atoms with E-state index >= 15 is 0 Å². The zero-order chi connectivity index (χ0) is 13.2. The van der Waals surface area contributed by atoms with Crippen LogP contribution in [0.5, 0.6) is 5.75 Å². The number of benzene rings is 2. The monoisotopic (exact) mass is 257 g/mol. The Kier molecular flexibility index (Phi) is 2.79. The van der Waals surface area contributed by atoms with Gasteiger partial charge in [0.1, 0.15) is 11.6 Å². The maximum absolute atomic E-state index is 13.1. The summed E-state index contributed by atoms with van der Waals surface area (Å²) in [6.45, 7) is 0.335. The average Bonchev–Trinajstić information content (AvgIpc) is 2.88. The Balaban J connectivity index is 1.86. The van der Waals surface area contributed by atoms with Gasteiger partial charge in [-0.05, 0) is 24.3 Å². The molecule has 0 fully saturated rings. The second-order valence-electron chi connectivity index (χ2n) is 4.27. The van der Waals surface area contributed by atoms with E-state index in [0.29, 0.717) is 12.1 Å². The fraction of sp³-hybridized carbons (Fsp3) is 0.0714. The van der Waals surface area contributed by atoms with Gasteiger partial charge >= 0.3 is 0 Å². The number of anilines is 1. The molecule has 0 aliphatic carbocycles. The molecule has 4 nitrogen and oxygen atoms in total. The smallest absolute Gasteiger partial charge is 0.123 e. The van der Waals surface area contributed by atoms with Crippen molar-refractivity contribution in [1.82, 2.24) is 10.2 Å². The number of nitrogens with zero attached hydrogens (tertiary/aromatic N) is 1. The van der Waals surface area contributed by atoms with Crippen molar-refractivity contribution in [2.75, 3.05) is 5.32 Å². The molecular formula is C14H12FN3O. The molecule has 0 aliphatic heterocycles. The number of rotatable bonds is 3. The highest BCUT2D eigenvalue weighted by atomic mass is 19.1. The van der Waals surface area contributed by atoms with E-state index in [9.17, 15) is 9.50 Å². The fourth-order valence-electron chi connectivity index (χ4n) is 2.00. The molecule has 5 heteroatoms. The van der Waals surface area contributed by atoms with Gasteiger partial charge in [0.25, 0.3) is 0 Å². The number of phenols is 1. The maximum Gasteiger partial charge on any atom is 0.123 e. The number of H-pyrrole nitrogens is 1. The van der Waals surface area contributed by atoms with Crippen LogP contribution in [0.1, 0.15) is 5.56 Å². The van der Waals surface area contributed by atoms with Gasteiger partial charge in [-0.15, -0.1) is 0 Å². The third-order valence-corrected chi connectivity index (χ3v) is 2.99. The van der Waals surface area contributed by atoms with Gasteiger partial charge < -0.3 is 10.4 Å². The summed E-state index contributed by atoms with van der Waals surface area (Å²) in [4.78, 5) is 0. The van der Waals surface area contributed by atoms with E-state index < -0.39 is 0 Å². The standard InChI is InChI=1S/C14H12FN3O/c15-11-4-5-13(19)10(6-11)7-16-12-3-1-2-9-8-17-18-14(9)12/h1-6,8,16,19H,7H2,(H,17,18). The third kappa shape index (κ3) is 2.22. The number of hydrogen-bond acceptors (Lipinski definition) is 3. The van der Waals surface area contributed by atoms with E-state index in [1.165, 1.54) is 18.2 Å². The highest BCUT2D eigenvalue weighted by Gasteiger charge is 2.05. The zero-order valence-corrected chi connectivity index (χ0v) is 10.0. The predicted octanol–water partition coefficient (Wildman–Crippen LogP) is 3.02. The molecule has 0 saturated carbocycles. The Morgan fingerprint density at radius 1 is 1.26 bits per heavy atom. The lowest BCUT2D eigenvalue weighted by Gasteiger charge is -2.09. The van der Waals surface area contributed by atoms with Crippen LogP contribution in [0.4, 0.5) is 10.1 Å². The summed E-state index contributed by atoms with van der Waals surface area (Å²) >= 11 is 0. The van der Waals surface area contributed by atoms with Crippen LogP contribution in [0.25, 0.3) is 10.9 Å². The number of aromatic hydroxyl groups is 1. The number of nitrogens with one attached hydrogen (secondary N) is 2. The summed E-state index contributed by atoms with van der Waals surface area (Å²) < 4.78 is 13.1. The number of fused-ring (bicyclic) bond motifs is 1. The quantitative estimate of drug-likeness (QED) is 0.676. The van der Waals surface area contributed by atoms with Crippen LogP contribution in [0.15, 0.2) is 42.6 Å². The van der Waals surface area contributed by atoms with Crippen LogP contribution in [-0.2, 0) is 6.54 Å². The van der Waals surface area contributed by atoms with Crippen molar-refractivity contribution in [3.05, 3.63) is 54.0 Å². The molecule has 0 bridgehead atoms. The Labute approximate surface area is 108 Å². The lowest BCUT2D eigenvalue weighted by Crippen LogP contribution is -2.00. The fourth-order valence-corrected chi connectivity index (χ4v) is 2.00. The minimum absolute atomic E-state index is 0.0747. The van der Waals surface area contributed by atoms with Gasteiger partial charge in [-0.2, -0.15) is 5.10 Å². The predicted molar refractivity (Wildman–Crippen MR) is 71.5 cm³/mol. The van der Waals surface area contributed by atoms with Crippen molar-refractivity contribution in [3.63, 3.8) is 0 Å². The molecule has 0 amide bonds. The molecule has 0 radical (unpaired) electrons. The van der Waals surface area contributed by atoms with E-state index in [2.05, 4.69) is 15.5 Å². The van der Waals surface area contributed by atoms with Gasteiger partial charge in [0.15, 0.2) is 0 Å². The van der Waals surface area contributed by atoms with E-state index in [-0.39, 0.29) is 11.6 Å². The van der Waals surface area contributed by atoms with Gasteiger partial charge in [-0.25, -0.2) is 4.39 Å². The van der Waals surface area contributed by atoms with Gasteiger partial charge in [-0.3, -0.25) is 5.10 Å². The molecule has 1 heterocycles. The highest BCUT2D eigenvalue weighted by Crippen LogP contribution is 2.23. The van der Waals surface area contributed by atoms with Gasteiger partial charge in [0, 0.05) is 17.5 Å². The minimum Gasteiger partial charge on any atom is -0.508 e. The largest absolute Gasteiger partial charge is 0.508 e. The van der Waals surface area contributed by atoms with Crippen molar-refractivity contribution < 1.29 is 9.50 Å². The third-order valence-electron chi connectivity index (χ3n) is 2.99. The van der Waals surface area contributed by atoms with E-state index in [4.69, 9.17) is 0 Å². The summed E-state index contributed by atoms with van der Waals surface area (Å²) in [6, 6.07) is 9.65. The molecule has 3 N–H and O–H groups in total. The average molecular weight is 257 g/mol. The number of hydrogen-bond donors (Lipinski definition) is 3. The van der Waals surface area contributed by atoms with Crippen LogP contribution in [0, 0.1) is 5.82 Å². The van der Waals surface area contributed by atoms with Crippen LogP contribution in [-0.4, -0.2) is 15.3 Å². The van der Waals surface area contributed by atoms with E-state index in [1.54, 1.807) is 6.20 Å². The van der Waals surface area contributed by atoms with Crippen molar-refractivity contribution in [3.8, 4) is 5.75 Å². The molecule has 0 saturated heterocycles. The molecule has 1 aromatic heterocycles. The molecule has 0 aliphatic rings. The maximum atomic E-state index is 13.1. The number of phenolic OH excluding ortho intramolecular Hbond substituents is 1. The summed E-state index contributed by atoms with van der Waals surface area (Å²) in [5, 5.41) is 20.7. The van der Waals surface area contributed by atoms with Crippen LogP contribution >= 0.6 is 0 Å². The SMILES string of the molecule is Oc1ccc(F)cc1CNc1cccc2cn[nH]c12. The Morgan fingerprint density at radius 2 is 2.16 bits per heavy atom. The molecule has 96 valence electrons. The molecule has 3 rings (SSSR count). The summed E-state index contributed by atoms with van der Waals surface area (Å²) in [5.41, 5.74) is 2.26. The Bertz CT molecular complexity index is 724. The molecule has 0 unspecified atom stereocenters. The Morgan fingerprint density at radius 3 is 3.05 bits per heavy atom. The second-order valence-corrected chi connectivity index (χ2v) is 4.27. The normalized spacial score (nSPS) is 10.8. The van der Waals surface area contributed by atoms with E-state index in [0.717, 1.165) is 16.6 Å². The summed E-state index contributed by atoms with van der Waals surface area (Å²) in [7, 11) is 0. The molecule has 3 aromatic rings. The molecule has 0 atom stereocenters. The highest BCUT2D eigenvalue weighted by molar-refractivity contribution is 5.89. The first-order valence-corrected chi connectivity index (χ1v) is 5.87. The van der Waals surface area contributed by atoms with Crippen molar-refractivity contribution in [1.29, 1.82) is 0 Å². The lowest BCUT2D eigenvalue weighted by atomic mass is 10.1. The number of aromatic nitrogens is 2. The molecule has 19 heavy (non-hydrogen) atoms. The topological polar surface area (TPSA) is 60.9 Å². The van der Waals surface area contributed by atoms with Gasteiger partial charge in [-0.1, -0.05) is 12.1 Å². The van der Waals surface area contributed by atoms with Crippen molar-refractivity contribution in [2.24, 2.45) is 0 Å². The zero-order valence-electron chi connectivity index (χ0n) is 10.0. The second kappa shape index (κ2) is 4.61. The van der Waals surface area contributed by atoms with Crippen LogP contribution in [0.2, 0.25) is 0 Å². The summed E-state index contributed by atoms with van der Waals surface area (Å²) in [5.74, 6) is -0.292. The van der Waals surface area contributed by atoms with Crippen molar-refractivity contribution in [2.45, 2.75) is 6.54 Å². The first-order chi connectivity index (χ1) is 9.24. The summed E-state index contributed by atoms with van der Waals surface area (Å²) in [6.07, 6.45) is 1.74. The lowest BCUT2D eigenvalue weighted by molar-refractivity contribution is 0.466. The first-order valence-electron chi connectivity index (χ1n) is 5.87. The minimum atomic E-state index is -0.366. The molecule has 2 aromatic carbocycles. The van der Waals surface area contributed by atoms with E-state index in [1.807, 2.05) is 18.2 Å². The molecule has 0 spiro atoms.